The topological polar surface area (TPSA) is 36.7 Å². The van der Waals surface area contributed by atoms with Gasteiger partial charge in [-0.05, 0) is 34.1 Å². The standard InChI is InChI=1S/C12H6BrClN2S/c13-9-3-1-2-4-10(9)17-12-11(14)8(7-15)5-6-16-12/h1-6H. The van der Waals surface area contributed by atoms with Crippen LogP contribution in [0.5, 0.6) is 0 Å². The Hall–Kier alpha value is -1.02. The van der Waals surface area contributed by atoms with E-state index in [4.69, 9.17) is 16.9 Å². The Kier molecular flexibility index (Phi) is 4.06. The van der Waals surface area contributed by atoms with Crippen molar-refractivity contribution in [2.45, 2.75) is 9.92 Å². The highest BCUT2D eigenvalue weighted by atomic mass is 79.9. The van der Waals surface area contributed by atoms with Crippen LogP contribution < -0.4 is 0 Å². The summed E-state index contributed by atoms with van der Waals surface area (Å²) in [5.41, 5.74) is 0.441. The molecule has 0 saturated carbocycles. The number of nitrogens with zero attached hydrogens (tertiary/aromatic N) is 2. The molecule has 0 amide bonds. The third kappa shape index (κ3) is 2.81. The van der Waals surface area contributed by atoms with Crippen molar-refractivity contribution in [2.24, 2.45) is 0 Å². The summed E-state index contributed by atoms with van der Waals surface area (Å²) >= 11 is 11.0. The number of benzene rings is 1. The Morgan fingerprint density at radius 2 is 2.06 bits per heavy atom. The number of pyridine rings is 1. The molecule has 0 bridgehead atoms. The van der Waals surface area contributed by atoms with Gasteiger partial charge in [0.2, 0.25) is 0 Å². The summed E-state index contributed by atoms with van der Waals surface area (Å²) in [6, 6.07) is 11.4. The van der Waals surface area contributed by atoms with Gasteiger partial charge in [-0.2, -0.15) is 5.26 Å². The van der Waals surface area contributed by atoms with E-state index in [-0.39, 0.29) is 0 Å². The second-order valence-electron chi connectivity index (χ2n) is 3.12. The molecular formula is C12H6BrClN2S. The zero-order valence-corrected chi connectivity index (χ0v) is 11.7. The summed E-state index contributed by atoms with van der Waals surface area (Å²) in [4.78, 5) is 5.19. The molecule has 1 aromatic carbocycles. The van der Waals surface area contributed by atoms with E-state index in [1.807, 2.05) is 30.3 Å². The average Bonchev–Trinajstić information content (AvgIpc) is 2.34. The zero-order chi connectivity index (χ0) is 12.3. The molecule has 0 unspecified atom stereocenters. The number of aromatic nitrogens is 1. The molecule has 0 atom stereocenters. The maximum atomic E-state index is 8.88. The molecule has 0 fully saturated rings. The van der Waals surface area contributed by atoms with Gasteiger partial charge < -0.3 is 0 Å². The first-order valence-electron chi connectivity index (χ1n) is 4.69. The second kappa shape index (κ2) is 5.54. The minimum absolute atomic E-state index is 0.399. The summed E-state index contributed by atoms with van der Waals surface area (Å²) in [6.07, 6.45) is 1.59. The van der Waals surface area contributed by atoms with Gasteiger partial charge >= 0.3 is 0 Å². The van der Waals surface area contributed by atoms with Crippen molar-refractivity contribution < 1.29 is 0 Å². The van der Waals surface area contributed by atoms with Gasteiger partial charge in [-0.15, -0.1) is 0 Å². The SMILES string of the molecule is N#Cc1ccnc(Sc2ccccc2Br)c1Cl. The zero-order valence-electron chi connectivity index (χ0n) is 8.52. The Morgan fingerprint density at radius 1 is 1.29 bits per heavy atom. The molecule has 17 heavy (non-hydrogen) atoms. The molecule has 0 saturated heterocycles. The van der Waals surface area contributed by atoms with Crippen LogP contribution in [-0.2, 0) is 0 Å². The molecule has 84 valence electrons. The van der Waals surface area contributed by atoms with Crippen molar-refractivity contribution in [3.63, 3.8) is 0 Å². The second-order valence-corrected chi connectivity index (χ2v) is 5.38. The van der Waals surface area contributed by atoms with Crippen LogP contribution in [0.15, 0.2) is 50.9 Å². The summed E-state index contributed by atoms with van der Waals surface area (Å²) in [5.74, 6) is 0. The Morgan fingerprint density at radius 3 is 2.76 bits per heavy atom. The summed E-state index contributed by atoms with van der Waals surface area (Å²) < 4.78 is 0.977. The molecule has 0 aliphatic carbocycles. The highest BCUT2D eigenvalue weighted by Crippen LogP contribution is 2.36. The highest BCUT2D eigenvalue weighted by Gasteiger charge is 2.10. The number of halogens is 2. The van der Waals surface area contributed by atoms with Crippen LogP contribution in [-0.4, -0.2) is 4.98 Å². The Labute approximate surface area is 117 Å². The molecule has 1 heterocycles. The Balaban J connectivity index is 2.38. The Bertz CT molecular complexity index is 595. The molecular weight excluding hydrogens is 320 g/mol. The van der Waals surface area contributed by atoms with Crippen LogP contribution in [0.2, 0.25) is 5.02 Å². The van der Waals surface area contributed by atoms with Crippen LogP contribution in [0.1, 0.15) is 5.56 Å². The van der Waals surface area contributed by atoms with Crippen molar-refractivity contribution in [3.8, 4) is 6.07 Å². The molecule has 1 aromatic heterocycles. The number of hydrogen-bond acceptors (Lipinski definition) is 3. The average molecular weight is 326 g/mol. The minimum atomic E-state index is 0.399. The molecule has 2 nitrogen and oxygen atoms in total. The normalized spacial score (nSPS) is 9.94. The van der Waals surface area contributed by atoms with Gasteiger partial charge in [-0.3, -0.25) is 0 Å². The van der Waals surface area contributed by atoms with E-state index >= 15 is 0 Å². The molecule has 0 N–H and O–H groups in total. The molecule has 0 radical (unpaired) electrons. The lowest BCUT2D eigenvalue weighted by Crippen LogP contribution is -1.86. The summed E-state index contributed by atoms with van der Waals surface area (Å²) in [7, 11) is 0. The van der Waals surface area contributed by atoms with E-state index in [1.165, 1.54) is 11.8 Å². The van der Waals surface area contributed by atoms with Crippen LogP contribution in [0.25, 0.3) is 0 Å². The van der Waals surface area contributed by atoms with E-state index in [0.29, 0.717) is 15.6 Å². The first kappa shape index (κ1) is 12.4. The lowest BCUT2D eigenvalue weighted by Gasteiger charge is -2.05. The van der Waals surface area contributed by atoms with Gasteiger partial charge in [0, 0.05) is 15.6 Å². The maximum absolute atomic E-state index is 8.88. The molecule has 0 aliphatic heterocycles. The van der Waals surface area contributed by atoms with E-state index in [2.05, 4.69) is 20.9 Å². The molecule has 0 aliphatic rings. The van der Waals surface area contributed by atoms with E-state index in [1.54, 1.807) is 12.3 Å². The van der Waals surface area contributed by atoms with E-state index in [9.17, 15) is 0 Å². The first-order chi connectivity index (χ1) is 8.22. The van der Waals surface area contributed by atoms with Gasteiger partial charge in [0.25, 0.3) is 0 Å². The monoisotopic (exact) mass is 324 g/mol. The van der Waals surface area contributed by atoms with Crippen molar-refractivity contribution in [3.05, 3.63) is 51.6 Å². The van der Waals surface area contributed by atoms with Crippen molar-refractivity contribution in [1.82, 2.24) is 4.98 Å². The first-order valence-corrected chi connectivity index (χ1v) is 6.68. The largest absolute Gasteiger partial charge is 0.248 e. The van der Waals surface area contributed by atoms with Crippen LogP contribution in [0.3, 0.4) is 0 Å². The maximum Gasteiger partial charge on any atom is 0.121 e. The fraction of sp³-hybridized carbons (Fsp3) is 0. The van der Waals surface area contributed by atoms with Crippen LogP contribution in [0.4, 0.5) is 0 Å². The quantitative estimate of drug-likeness (QED) is 0.814. The van der Waals surface area contributed by atoms with Crippen molar-refractivity contribution in [2.75, 3.05) is 0 Å². The minimum Gasteiger partial charge on any atom is -0.248 e. The summed E-state index contributed by atoms with van der Waals surface area (Å²) in [6.45, 7) is 0. The fourth-order valence-electron chi connectivity index (χ4n) is 1.21. The van der Waals surface area contributed by atoms with E-state index < -0.39 is 0 Å². The lowest BCUT2D eigenvalue weighted by atomic mass is 10.3. The smallest absolute Gasteiger partial charge is 0.121 e. The molecule has 5 heteroatoms. The highest BCUT2D eigenvalue weighted by molar-refractivity contribution is 9.10. The third-order valence-electron chi connectivity index (χ3n) is 2.02. The number of rotatable bonds is 2. The van der Waals surface area contributed by atoms with Crippen molar-refractivity contribution in [1.29, 1.82) is 5.26 Å². The van der Waals surface area contributed by atoms with E-state index in [0.717, 1.165) is 9.37 Å². The van der Waals surface area contributed by atoms with Gasteiger partial charge in [-0.25, -0.2) is 4.98 Å². The van der Waals surface area contributed by atoms with Gasteiger partial charge in [-0.1, -0.05) is 35.5 Å². The number of nitriles is 1. The molecule has 0 spiro atoms. The van der Waals surface area contributed by atoms with Gasteiger partial charge in [0.15, 0.2) is 0 Å². The predicted molar refractivity (Wildman–Crippen MR) is 72.2 cm³/mol. The third-order valence-corrected chi connectivity index (χ3v) is 4.55. The lowest BCUT2D eigenvalue weighted by molar-refractivity contribution is 1.12. The number of hydrogen-bond donors (Lipinski definition) is 0. The predicted octanol–water partition coefficient (Wildman–Crippen LogP) is 4.52. The van der Waals surface area contributed by atoms with Crippen LogP contribution in [0, 0.1) is 11.3 Å². The van der Waals surface area contributed by atoms with Crippen molar-refractivity contribution >= 4 is 39.3 Å². The van der Waals surface area contributed by atoms with Crippen LogP contribution >= 0.6 is 39.3 Å². The summed E-state index contributed by atoms with van der Waals surface area (Å²) in [5, 5.41) is 9.92. The van der Waals surface area contributed by atoms with Gasteiger partial charge in [0.05, 0.1) is 10.6 Å². The molecule has 2 aromatic rings. The fourth-order valence-corrected chi connectivity index (χ4v) is 2.84. The van der Waals surface area contributed by atoms with Gasteiger partial charge in [0.1, 0.15) is 11.1 Å². The molecule has 2 rings (SSSR count).